The van der Waals surface area contributed by atoms with Gasteiger partial charge in [0, 0.05) is 0 Å². The smallest absolute Gasteiger partial charge is 0.309 e. The molecule has 132 valence electrons. The van der Waals surface area contributed by atoms with Crippen molar-refractivity contribution in [2.24, 2.45) is 0 Å². The number of hydrogen-bond acceptors (Lipinski definition) is 6. The van der Waals surface area contributed by atoms with E-state index < -0.39 is 5.91 Å². The van der Waals surface area contributed by atoms with Gasteiger partial charge in [0.1, 0.15) is 0 Å². The number of nitrogens with zero attached hydrogens (tertiary/aromatic N) is 2. The second-order valence-electron chi connectivity index (χ2n) is 5.97. The molecule has 0 saturated carbocycles. The third-order valence-electron chi connectivity index (χ3n) is 4.10. The van der Waals surface area contributed by atoms with E-state index in [0.29, 0.717) is 23.8 Å². The Balaban J connectivity index is 1.42. The van der Waals surface area contributed by atoms with Gasteiger partial charge in [0.15, 0.2) is 11.5 Å². The van der Waals surface area contributed by atoms with Crippen molar-refractivity contribution in [2.75, 3.05) is 6.79 Å². The minimum Gasteiger partial charge on any atom is -0.454 e. The first kappa shape index (κ1) is 16.1. The molecule has 0 fully saturated rings. The number of aromatic nitrogens is 2. The van der Waals surface area contributed by atoms with E-state index in [-0.39, 0.29) is 18.7 Å². The summed E-state index contributed by atoms with van der Waals surface area (Å²) in [5.74, 6) is 1.32. The van der Waals surface area contributed by atoms with Crippen LogP contribution >= 0.6 is 0 Å². The van der Waals surface area contributed by atoms with Crippen molar-refractivity contribution in [3.63, 3.8) is 0 Å². The van der Waals surface area contributed by atoms with Crippen molar-refractivity contribution in [1.82, 2.24) is 15.5 Å². The van der Waals surface area contributed by atoms with Crippen molar-refractivity contribution in [3.8, 4) is 11.5 Å². The van der Waals surface area contributed by atoms with Crippen molar-refractivity contribution in [2.45, 2.75) is 19.4 Å². The molecule has 0 unspecified atom stereocenters. The number of amides is 1. The molecule has 7 nitrogen and oxygen atoms in total. The van der Waals surface area contributed by atoms with Crippen molar-refractivity contribution in [1.29, 1.82) is 0 Å². The second-order valence-corrected chi connectivity index (χ2v) is 5.97. The van der Waals surface area contributed by atoms with Crippen molar-refractivity contribution in [3.05, 3.63) is 71.4 Å². The van der Waals surface area contributed by atoms with Gasteiger partial charge >= 0.3 is 11.8 Å². The number of carbonyl (C=O) groups is 1. The van der Waals surface area contributed by atoms with Crippen LogP contribution in [0.3, 0.4) is 0 Å². The Kier molecular flexibility index (Phi) is 4.27. The first-order valence-corrected chi connectivity index (χ1v) is 8.26. The van der Waals surface area contributed by atoms with Crippen LogP contribution in [0.5, 0.6) is 11.5 Å². The van der Waals surface area contributed by atoms with Gasteiger partial charge in [-0.15, -0.1) is 10.2 Å². The topological polar surface area (TPSA) is 86.5 Å². The highest BCUT2D eigenvalue weighted by Gasteiger charge is 2.19. The summed E-state index contributed by atoms with van der Waals surface area (Å²) in [6, 6.07) is 15.1. The summed E-state index contributed by atoms with van der Waals surface area (Å²) in [4.78, 5) is 12.3. The summed E-state index contributed by atoms with van der Waals surface area (Å²) in [7, 11) is 0. The molecule has 7 heteroatoms. The predicted octanol–water partition coefficient (Wildman–Crippen LogP) is 2.88. The first-order chi connectivity index (χ1) is 12.7. The Morgan fingerprint density at radius 1 is 1.12 bits per heavy atom. The largest absolute Gasteiger partial charge is 0.454 e. The van der Waals surface area contributed by atoms with Gasteiger partial charge in [-0.05, 0) is 30.2 Å². The summed E-state index contributed by atoms with van der Waals surface area (Å²) < 4.78 is 16.1. The highest BCUT2D eigenvalue weighted by Crippen LogP contribution is 2.33. The van der Waals surface area contributed by atoms with Crippen LogP contribution in [0, 0.1) is 0 Å². The second kappa shape index (κ2) is 6.87. The first-order valence-electron chi connectivity index (χ1n) is 8.26. The lowest BCUT2D eigenvalue weighted by Gasteiger charge is -2.12. The fourth-order valence-electron chi connectivity index (χ4n) is 2.73. The zero-order chi connectivity index (χ0) is 17.9. The molecule has 0 aliphatic carbocycles. The SMILES string of the molecule is C[C@H](NC(=O)c1nnc(Cc2ccc3c(c2)OCO3)o1)c1ccccc1. The molecule has 26 heavy (non-hydrogen) atoms. The zero-order valence-electron chi connectivity index (χ0n) is 14.1. The number of hydrogen-bond donors (Lipinski definition) is 1. The minimum absolute atomic E-state index is 0.0523. The number of ether oxygens (including phenoxy) is 2. The Bertz CT molecular complexity index is 924. The van der Waals surface area contributed by atoms with Crippen LogP contribution in [-0.2, 0) is 6.42 Å². The van der Waals surface area contributed by atoms with Crippen molar-refractivity contribution >= 4 is 5.91 Å². The summed E-state index contributed by atoms with van der Waals surface area (Å²) in [5.41, 5.74) is 1.93. The van der Waals surface area contributed by atoms with E-state index in [4.69, 9.17) is 13.9 Å². The van der Waals surface area contributed by atoms with E-state index in [2.05, 4.69) is 15.5 Å². The number of rotatable bonds is 5. The monoisotopic (exact) mass is 351 g/mol. The third kappa shape index (κ3) is 3.37. The molecule has 1 aliphatic rings. The predicted molar refractivity (Wildman–Crippen MR) is 92.0 cm³/mol. The maximum Gasteiger partial charge on any atom is 0.309 e. The number of fused-ring (bicyclic) bond motifs is 1. The van der Waals surface area contributed by atoms with Gasteiger partial charge in [-0.2, -0.15) is 0 Å². The Morgan fingerprint density at radius 2 is 1.92 bits per heavy atom. The lowest BCUT2D eigenvalue weighted by atomic mass is 10.1. The standard InChI is InChI=1S/C19H17N3O4/c1-12(14-5-3-2-4-6-14)20-18(23)19-22-21-17(26-19)10-13-7-8-15-16(9-13)25-11-24-15/h2-9,12H,10-11H2,1H3,(H,20,23)/t12-/m0/s1. The summed E-state index contributed by atoms with van der Waals surface area (Å²) in [5, 5.41) is 10.7. The van der Waals surface area contributed by atoms with Crippen LogP contribution in [0.1, 0.15) is 40.7 Å². The van der Waals surface area contributed by atoms with Gasteiger partial charge in [-0.3, -0.25) is 4.79 Å². The Hall–Kier alpha value is -3.35. The minimum atomic E-state index is -0.397. The van der Waals surface area contributed by atoms with Gasteiger partial charge in [-0.25, -0.2) is 0 Å². The molecule has 1 aromatic heterocycles. The van der Waals surface area contributed by atoms with Crippen LogP contribution < -0.4 is 14.8 Å². The fraction of sp³-hybridized carbons (Fsp3) is 0.211. The quantitative estimate of drug-likeness (QED) is 0.761. The molecule has 0 saturated heterocycles. The molecule has 3 aromatic rings. The van der Waals surface area contributed by atoms with E-state index in [1.54, 1.807) is 0 Å². The molecule has 1 aliphatic heterocycles. The lowest BCUT2D eigenvalue weighted by Crippen LogP contribution is -2.26. The Morgan fingerprint density at radius 3 is 2.77 bits per heavy atom. The van der Waals surface area contributed by atoms with E-state index in [9.17, 15) is 4.79 Å². The summed E-state index contributed by atoms with van der Waals surface area (Å²) in [6.07, 6.45) is 0.408. The summed E-state index contributed by atoms with van der Waals surface area (Å²) >= 11 is 0. The maximum atomic E-state index is 12.3. The van der Waals surface area contributed by atoms with Gasteiger partial charge in [0.05, 0.1) is 12.5 Å². The van der Waals surface area contributed by atoms with Gasteiger partial charge < -0.3 is 19.2 Å². The third-order valence-corrected chi connectivity index (χ3v) is 4.10. The average Bonchev–Trinajstić information content (AvgIpc) is 3.31. The van der Waals surface area contributed by atoms with E-state index >= 15 is 0 Å². The molecular weight excluding hydrogens is 334 g/mol. The molecule has 2 aromatic carbocycles. The Labute approximate surface area is 150 Å². The van der Waals surface area contributed by atoms with Crippen LogP contribution in [-0.4, -0.2) is 22.9 Å². The molecular formula is C19H17N3O4. The number of benzene rings is 2. The normalized spacial score (nSPS) is 13.4. The molecule has 1 N–H and O–H groups in total. The molecule has 2 heterocycles. The zero-order valence-corrected chi connectivity index (χ0v) is 14.1. The molecule has 0 bridgehead atoms. The molecule has 1 atom stereocenters. The number of carbonyl (C=O) groups excluding carboxylic acids is 1. The van der Waals surface area contributed by atoms with Gasteiger partial charge in [-0.1, -0.05) is 36.4 Å². The molecule has 0 radical (unpaired) electrons. The van der Waals surface area contributed by atoms with Crippen molar-refractivity contribution < 1.29 is 18.7 Å². The summed E-state index contributed by atoms with van der Waals surface area (Å²) in [6.45, 7) is 2.13. The van der Waals surface area contributed by atoms with Gasteiger partial charge in [0.25, 0.3) is 0 Å². The number of nitrogens with one attached hydrogen (secondary N) is 1. The van der Waals surface area contributed by atoms with Crippen LogP contribution in [0.2, 0.25) is 0 Å². The van der Waals surface area contributed by atoms with E-state index in [1.807, 2.05) is 55.5 Å². The van der Waals surface area contributed by atoms with Crippen LogP contribution in [0.4, 0.5) is 0 Å². The molecule has 4 rings (SSSR count). The average molecular weight is 351 g/mol. The highest BCUT2D eigenvalue weighted by molar-refractivity contribution is 5.89. The highest BCUT2D eigenvalue weighted by atomic mass is 16.7. The molecule has 1 amide bonds. The maximum absolute atomic E-state index is 12.3. The van der Waals surface area contributed by atoms with E-state index in [1.165, 1.54) is 0 Å². The molecule has 0 spiro atoms. The fourth-order valence-corrected chi connectivity index (χ4v) is 2.73. The van der Waals surface area contributed by atoms with E-state index in [0.717, 1.165) is 11.1 Å². The van der Waals surface area contributed by atoms with Gasteiger partial charge in [0.2, 0.25) is 12.7 Å². The van der Waals surface area contributed by atoms with Crippen LogP contribution in [0.15, 0.2) is 52.9 Å². The van der Waals surface area contributed by atoms with Crippen LogP contribution in [0.25, 0.3) is 0 Å². The lowest BCUT2D eigenvalue weighted by molar-refractivity contribution is 0.0903.